The molecule has 2 rings (SSSR count). The zero-order valence-corrected chi connectivity index (χ0v) is 15.1. The summed E-state index contributed by atoms with van der Waals surface area (Å²) >= 11 is 0. The zero-order chi connectivity index (χ0) is 16.7. The van der Waals surface area contributed by atoms with E-state index in [1.165, 1.54) is 6.42 Å². The Morgan fingerprint density at radius 2 is 2.00 bits per heavy atom. The molecule has 0 saturated carbocycles. The summed E-state index contributed by atoms with van der Waals surface area (Å²) in [6.45, 7) is 11.7. The van der Waals surface area contributed by atoms with Crippen LogP contribution >= 0.6 is 0 Å². The lowest BCUT2D eigenvalue weighted by molar-refractivity contribution is -0.127. The van der Waals surface area contributed by atoms with Crippen LogP contribution in [0.5, 0.6) is 0 Å². The molecule has 0 aliphatic carbocycles. The number of likely N-dealkylation sites (tertiary alicyclic amines) is 1. The van der Waals surface area contributed by atoms with Crippen LogP contribution in [-0.4, -0.2) is 62.4 Å². The molecule has 2 saturated heterocycles. The van der Waals surface area contributed by atoms with Gasteiger partial charge < -0.3 is 19.7 Å². The molecule has 2 atom stereocenters. The van der Waals surface area contributed by atoms with E-state index < -0.39 is 0 Å². The number of ether oxygens (including phenoxy) is 2. The lowest BCUT2D eigenvalue weighted by atomic mass is 9.95. The normalized spacial score (nSPS) is 25.0. The van der Waals surface area contributed by atoms with Gasteiger partial charge in [-0.3, -0.25) is 4.79 Å². The van der Waals surface area contributed by atoms with Gasteiger partial charge in [0.2, 0.25) is 5.91 Å². The van der Waals surface area contributed by atoms with Gasteiger partial charge in [0.25, 0.3) is 0 Å². The van der Waals surface area contributed by atoms with Crippen molar-refractivity contribution >= 4 is 5.91 Å². The van der Waals surface area contributed by atoms with Crippen molar-refractivity contribution in [2.75, 3.05) is 39.5 Å². The largest absolute Gasteiger partial charge is 0.377 e. The quantitative estimate of drug-likeness (QED) is 0.694. The molecule has 2 fully saturated rings. The second-order valence-electron chi connectivity index (χ2n) is 7.37. The number of hydrogen-bond acceptors (Lipinski definition) is 4. The van der Waals surface area contributed by atoms with Gasteiger partial charge in [0.15, 0.2) is 0 Å². The van der Waals surface area contributed by atoms with Crippen LogP contribution in [0.25, 0.3) is 0 Å². The van der Waals surface area contributed by atoms with Crippen LogP contribution in [0.2, 0.25) is 0 Å². The minimum Gasteiger partial charge on any atom is -0.377 e. The lowest BCUT2D eigenvalue weighted by Crippen LogP contribution is -2.45. The highest BCUT2D eigenvalue weighted by Gasteiger charge is 2.26. The van der Waals surface area contributed by atoms with Crippen molar-refractivity contribution in [1.29, 1.82) is 0 Å². The number of amides is 1. The predicted octanol–water partition coefficient (Wildman–Crippen LogP) is 2.05. The summed E-state index contributed by atoms with van der Waals surface area (Å²) in [7, 11) is 0. The Morgan fingerprint density at radius 3 is 2.61 bits per heavy atom. The highest BCUT2D eigenvalue weighted by molar-refractivity contribution is 5.79. The fourth-order valence-corrected chi connectivity index (χ4v) is 3.11. The number of carbonyl (C=O) groups excluding carboxylic acids is 1. The standard InChI is InChI=1S/C18H34N2O3/c1-14(2)15(3)19-18(21)16-6-8-20(9-7-16)10-12-22-13-17-5-4-11-23-17/h14-17H,4-13H2,1-3H3,(H,19,21)/t15-,17+/m0/s1. The maximum atomic E-state index is 12.3. The van der Waals surface area contributed by atoms with Crippen molar-refractivity contribution in [3.63, 3.8) is 0 Å². The maximum Gasteiger partial charge on any atom is 0.223 e. The first-order valence-electron chi connectivity index (χ1n) is 9.28. The van der Waals surface area contributed by atoms with E-state index in [2.05, 4.69) is 31.0 Å². The summed E-state index contributed by atoms with van der Waals surface area (Å²) in [4.78, 5) is 14.7. The van der Waals surface area contributed by atoms with E-state index in [9.17, 15) is 4.79 Å². The fraction of sp³-hybridized carbons (Fsp3) is 0.944. The Kier molecular flexibility index (Phi) is 7.80. The van der Waals surface area contributed by atoms with Crippen molar-refractivity contribution in [2.45, 2.75) is 58.6 Å². The first kappa shape index (κ1) is 18.7. The Hall–Kier alpha value is -0.650. The molecule has 2 aliphatic rings. The molecule has 0 aromatic rings. The van der Waals surface area contributed by atoms with Gasteiger partial charge >= 0.3 is 0 Å². The van der Waals surface area contributed by atoms with Crippen LogP contribution < -0.4 is 5.32 Å². The minimum atomic E-state index is 0.181. The van der Waals surface area contributed by atoms with Crippen molar-refractivity contribution in [3.8, 4) is 0 Å². The van der Waals surface area contributed by atoms with Gasteiger partial charge in [-0.1, -0.05) is 13.8 Å². The van der Waals surface area contributed by atoms with Crippen molar-refractivity contribution < 1.29 is 14.3 Å². The number of piperidine rings is 1. The topological polar surface area (TPSA) is 50.8 Å². The number of nitrogens with zero attached hydrogens (tertiary/aromatic N) is 1. The van der Waals surface area contributed by atoms with Crippen molar-refractivity contribution in [2.24, 2.45) is 11.8 Å². The third-order valence-electron chi connectivity index (χ3n) is 5.21. The molecule has 1 N–H and O–H groups in total. The third kappa shape index (κ3) is 6.40. The van der Waals surface area contributed by atoms with E-state index in [1.54, 1.807) is 0 Å². The van der Waals surface area contributed by atoms with Gasteiger partial charge in [-0.2, -0.15) is 0 Å². The van der Waals surface area contributed by atoms with Crippen LogP contribution in [0, 0.1) is 11.8 Å². The summed E-state index contributed by atoms with van der Waals surface area (Å²) in [6, 6.07) is 0.256. The van der Waals surface area contributed by atoms with Crippen LogP contribution in [0.4, 0.5) is 0 Å². The van der Waals surface area contributed by atoms with Crippen LogP contribution in [-0.2, 0) is 14.3 Å². The number of hydrogen-bond donors (Lipinski definition) is 1. The van der Waals surface area contributed by atoms with Gasteiger partial charge in [-0.05, 0) is 51.6 Å². The molecule has 5 heteroatoms. The zero-order valence-electron chi connectivity index (χ0n) is 15.1. The molecule has 0 bridgehead atoms. The summed E-state index contributed by atoms with van der Waals surface area (Å²) in [5, 5.41) is 3.15. The van der Waals surface area contributed by atoms with E-state index >= 15 is 0 Å². The van der Waals surface area contributed by atoms with Crippen molar-refractivity contribution in [3.05, 3.63) is 0 Å². The van der Waals surface area contributed by atoms with Gasteiger partial charge in [-0.15, -0.1) is 0 Å². The molecule has 0 radical (unpaired) electrons. The van der Waals surface area contributed by atoms with E-state index in [0.717, 1.165) is 58.7 Å². The van der Waals surface area contributed by atoms with E-state index in [-0.39, 0.29) is 17.9 Å². The fourth-order valence-electron chi connectivity index (χ4n) is 3.11. The van der Waals surface area contributed by atoms with Gasteiger partial charge in [0, 0.05) is 25.1 Å². The van der Waals surface area contributed by atoms with Crippen molar-refractivity contribution in [1.82, 2.24) is 10.2 Å². The summed E-state index contributed by atoms with van der Waals surface area (Å²) in [5.41, 5.74) is 0. The second-order valence-corrected chi connectivity index (χ2v) is 7.37. The molecule has 23 heavy (non-hydrogen) atoms. The van der Waals surface area contributed by atoms with Gasteiger partial charge in [0.1, 0.15) is 0 Å². The van der Waals surface area contributed by atoms with E-state index in [1.807, 2.05) is 0 Å². The number of carbonyl (C=O) groups is 1. The predicted molar refractivity (Wildman–Crippen MR) is 91.4 cm³/mol. The third-order valence-corrected chi connectivity index (χ3v) is 5.21. The Bertz CT molecular complexity index is 348. The van der Waals surface area contributed by atoms with E-state index in [4.69, 9.17) is 9.47 Å². The molecule has 0 aromatic carbocycles. The Labute approximate surface area is 141 Å². The summed E-state index contributed by atoms with van der Waals surface area (Å²) in [5.74, 6) is 0.903. The molecule has 1 amide bonds. The van der Waals surface area contributed by atoms with Crippen LogP contribution in [0.15, 0.2) is 0 Å². The molecule has 134 valence electrons. The van der Waals surface area contributed by atoms with Crippen LogP contribution in [0.1, 0.15) is 46.5 Å². The SMILES string of the molecule is CC(C)[C@H](C)NC(=O)C1CCN(CCOC[C@H]2CCCO2)CC1. The van der Waals surface area contributed by atoms with Gasteiger partial charge in [-0.25, -0.2) is 0 Å². The smallest absolute Gasteiger partial charge is 0.223 e. The number of rotatable bonds is 8. The minimum absolute atomic E-state index is 0.181. The summed E-state index contributed by atoms with van der Waals surface area (Å²) < 4.78 is 11.3. The molecule has 0 spiro atoms. The molecular weight excluding hydrogens is 292 g/mol. The monoisotopic (exact) mass is 326 g/mol. The Balaban J connectivity index is 1.55. The molecule has 2 heterocycles. The second kappa shape index (κ2) is 9.60. The highest BCUT2D eigenvalue weighted by atomic mass is 16.5. The molecule has 5 nitrogen and oxygen atoms in total. The summed E-state index contributed by atoms with van der Waals surface area (Å²) in [6.07, 6.45) is 4.53. The molecule has 0 unspecified atom stereocenters. The average molecular weight is 326 g/mol. The maximum absolute atomic E-state index is 12.3. The lowest BCUT2D eigenvalue weighted by Gasteiger charge is -2.32. The Morgan fingerprint density at radius 1 is 1.26 bits per heavy atom. The van der Waals surface area contributed by atoms with Gasteiger partial charge in [0.05, 0.1) is 19.3 Å². The average Bonchev–Trinajstić information content (AvgIpc) is 3.05. The molecular formula is C18H34N2O3. The highest BCUT2D eigenvalue weighted by Crippen LogP contribution is 2.18. The molecule has 2 aliphatic heterocycles. The molecule has 0 aromatic heterocycles. The van der Waals surface area contributed by atoms with E-state index in [0.29, 0.717) is 12.0 Å². The first-order valence-corrected chi connectivity index (χ1v) is 9.28. The van der Waals surface area contributed by atoms with Crippen LogP contribution in [0.3, 0.4) is 0 Å². The number of nitrogens with one attached hydrogen (secondary N) is 1. The first-order chi connectivity index (χ1) is 11.1.